The van der Waals surface area contributed by atoms with Crippen LogP contribution in [0.15, 0.2) is 24.3 Å². The van der Waals surface area contributed by atoms with Gasteiger partial charge in [-0.05, 0) is 29.7 Å². The molecule has 0 unspecified atom stereocenters. The van der Waals surface area contributed by atoms with Crippen LogP contribution < -0.4 is 5.32 Å². The largest absolute Gasteiger partial charge is 0.351 e. The number of hydrogen-bond acceptors (Lipinski definition) is 6. The zero-order valence-electron chi connectivity index (χ0n) is 13.1. The molecular weight excluding hydrogens is 332 g/mol. The van der Waals surface area contributed by atoms with Gasteiger partial charge in [0, 0.05) is 18.7 Å². The molecule has 2 heterocycles. The maximum atomic E-state index is 12.3. The number of aromatic nitrogens is 4. The van der Waals surface area contributed by atoms with E-state index in [0.717, 1.165) is 17.4 Å². The Morgan fingerprint density at radius 2 is 2.29 bits per heavy atom. The van der Waals surface area contributed by atoms with Crippen molar-refractivity contribution in [1.82, 2.24) is 30.2 Å². The molecule has 1 aromatic carbocycles. The molecule has 128 valence electrons. The molecule has 1 aromatic heterocycles. The Labute approximate surface area is 139 Å². The van der Waals surface area contributed by atoms with Gasteiger partial charge < -0.3 is 5.32 Å². The molecule has 1 amide bonds. The third-order valence-corrected chi connectivity index (χ3v) is 5.22. The smallest absolute Gasteiger partial charge is 0.238 e. The van der Waals surface area contributed by atoms with Crippen LogP contribution in [0.4, 0.5) is 0 Å². The minimum absolute atomic E-state index is 0.275. The summed E-state index contributed by atoms with van der Waals surface area (Å²) in [5, 5.41) is 16.5. The highest BCUT2D eigenvalue weighted by atomic mass is 32.2. The number of aromatic amines is 1. The van der Waals surface area contributed by atoms with Crippen LogP contribution in [-0.2, 0) is 21.4 Å². The molecule has 3 rings (SSSR count). The average molecular weight is 350 g/mol. The van der Waals surface area contributed by atoms with E-state index in [4.69, 9.17) is 0 Å². The van der Waals surface area contributed by atoms with Gasteiger partial charge in [-0.2, -0.15) is 9.52 Å². The Balaban J connectivity index is 1.66. The van der Waals surface area contributed by atoms with Crippen LogP contribution in [-0.4, -0.2) is 58.1 Å². The van der Waals surface area contributed by atoms with Crippen LogP contribution in [0.25, 0.3) is 11.4 Å². The van der Waals surface area contributed by atoms with Gasteiger partial charge in [0.05, 0.1) is 6.26 Å². The summed E-state index contributed by atoms with van der Waals surface area (Å²) >= 11 is 0. The van der Waals surface area contributed by atoms with Gasteiger partial charge in [0.2, 0.25) is 21.8 Å². The number of sulfonamides is 1. The van der Waals surface area contributed by atoms with Crippen LogP contribution in [0.1, 0.15) is 18.4 Å². The summed E-state index contributed by atoms with van der Waals surface area (Å²) in [6, 6.07) is 6.78. The van der Waals surface area contributed by atoms with E-state index in [1.807, 2.05) is 24.3 Å². The van der Waals surface area contributed by atoms with Crippen molar-refractivity contribution in [3.8, 4) is 11.4 Å². The number of hydrogen-bond donors (Lipinski definition) is 2. The Kier molecular flexibility index (Phi) is 4.58. The van der Waals surface area contributed by atoms with Crippen LogP contribution in [0, 0.1) is 0 Å². The second-order valence-corrected chi connectivity index (χ2v) is 7.62. The molecule has 0 bridgehead atoms. The fourth-order valence-electron chi connectivity index (χ4n) is 2.81. The normalized spacial score (nSPS) is 18.6. The first kappa shape index (κ1) is 16.5. The molecule has 0 spiro atoms. The molecule has 1 fully saturated rings. The van der Waals surface area contributed by atoms with Crippen molar-refractivity contribution in [2.24, 2.45) is 0 Å². The van der Waals surface area contributed by atoms with E-state index < -0.39 is 16.1 Å². The van der Waals surface area contributed by atoms with Crippen molar-refractivity contribution < 1.29 is 13.2 Å². The van der Waals surface area contributed by atoms with Crippen LogP contribution in [0.2, 0.25) is 0 Å². The van der Waals surface area contributed by atoms with Crippen molar-refractivity contribution >= 4 is 15.9 Å². The van der Waals surface area contributed by atoms with Crippen LogP contribution >= 0.6 is 0 Å². The summed E-state index contributed by atoms with van der Waals surface area (Å²) in [4.78, 5) is 12.3. The first-order valence-electron chi connectivity index (χ1n) is 7.52. The number of benzene rings is 1. The summed E-state index contributed by atoms with van der Waals surface area (Å²) in [7, 11) is -3.37. The Bertz CT molecular complexity index is 821. The zero-order valence-corrected chi connectivity index (χ0v) is 14.0. The molecule has 10 heteroatoms. The van der Waals surface area contributed by atoms with Gasteiger partial charge in [-0.15, -0.1) is 10.2 Å². The molecule has 0 aliphatic carbocycles. The number of H-pyrrole nitrogens is 1. The number of carbonyl (C=O) groups is 1. The molecule has 2 aromatic rings. The van der Waals surface area contributed by atoms with Gasteiger partial charge in [-0.25, -0.2) is 8.42 Å². The summed E-state index contributed by atoms with van der Waals surface area (Å²) < 4.78 is 24.7. The molecule has 1 aliphatic heterocycles. The topological polar surface area (TPSA) is 121 Å². The van der Waals surface area contributed by atoms with Gasteiger partial charge in [0.15, 0.2) is 0 Å². The summed E-state index contributed by atoms with van der Waals surface area (Å²) in [6.07, 6.45) is 2.37. The van der Waals surface area contributed by atoms with E-state index in [9.17, 15) is 13.2 Å². The Morgan fingerprint density at radius 1 is 1.46 bits per heavy atom. The Morgan fingerprint density at radius 3 is 3.00 bits per heavy atom. The van der Waals surface area contributed by atoms with Crippen molar-refractivity contribution in [3.63, 3.8) is 0 Å². The summed E-state index contributed by atoms with van der Waals surface area (Å²) in [5.41, 5.74) is 1.66. The van der Waals surface area contributed by atoms with Crippen LogP contribution in [0.3, 0.4) is 0 Å². The number of carbonyl (C=O) groups excluding carboxylic acids is 1. The standard InChI is InChI=1S/C14H18N6O3S/c1-24(22,23)20-7-3-6-12(20)14(21)15-9-10-4-2-5-11(8-10)13-16-18-19-17-13/h2,4-5,8,12H,3,6-7,9H2,1H3,(H,15,21)(H,16,17,18,19)/t12-/m0/s1. The first-order chi connectivity index (χ1) is 11.4. The van der Waals surface area contributed by atoms with Crippen molar-refractivity contribution in [3.05, 3.63) is 29.8 Å². The summed E-state index contributed by atoms with van der Waals surface area (Å²) in [5.74, 6) is 0.199. The van der Waals surface area contributed by atoms with Crippen LogP contribution in [0.5, 0.6) is 0 Å². The number of rotatable bonds is 5. The van der Waals surface area contributed by atoms with Gasteiger partial charge in [-0.1, -0.05) is 18.2 Å². The van der Waals surface area contributed by atoms with Gasteiger partial charge >= 0.3 is 0 Å². The van der Waals surface area contributed by atoms with Crippen molar-refractivity contribution in [2.45, 2.75) is 25.4 Å². The third kappa shape index (κ3) is 3.60. The minimum atomic E-state index is -3.37. The lowest BCUT2D eigenvalue weighted by Gasteiger charge is -2.21. The lowest BCUT2D eigenvalue weighted by molar-refractivity contribution is -0.124. The van der Waals surface area contributed by atoms with Crippen molar-refractivity contribution in [1.29, 1.82) is 0 Å². The quantitative estimate of drug-likeness (QED) is 0.777. The maximum Gasteiger partial charge on any atom is 0.238 e. The highest BCUT2D eigenvalue weighted by Gasteiger charge is 2.36. The van der Waals surface area contributed by atoms with E-state index in [2.05, 4.69) is 25.9 Å². The van der Waals surface area contributed by atoms with E-state index >= 15 is 0 Å². The molecule has 24 heavy (non-hydrogen) atoms. The van der Waals surface area contributed by atoms with Gasteiger partial charge in [0.1, 0.15) is 6.04 Å². The number of tetrazole rings is 1. The molecule has 9 nitrogen and oxygen atoms in total. The monoisotopic (exact) mass is 350 g/mol. The van der Waals surface area contributed by atoms with E-state index in [-0.39, 0.29) is 5.91 Å². The first-order valence-corrected chi connectivity index (χ1v) is 9.37. The lowest BCUT2D eigenvalue weighted by Crippen LogP contribution is -2.45. The molecule has 2 N–H and O–H groups in total. The molecular formula is C14H18N6O3S. The number of nitrogens with one attached hydrogen (secondary N) is 2. The fraction of sp³-hybridized carbons (Fsp3) is 0.429. The highest BCUT2D eigenvalue weighted by molar-refractivity contribution is 7.88. The zero-order chi connectivity index (χ0) is 17.2. The minimum Gasteiger partial charge on any atom is -0.351 e. The summed E-state index contributed by atoms with van der Waals surface area (Å²) in [6.45, 7) is 0.697. The Hall–Kier alpha value is -2.33. The fourth-order valence-corrected chi connectivity index (χ4v) is 3.93. The van der Waals surface area contributed by atoms with Gasteiger partial charge in [0.25, 0.3) is 0 Å². The molecule has 1 aliphatic rings. The predicted octanol–water partition coefficient (Wildman–Crippen LogP) is -0.0931. The van der Waals surface area contributed by atoms with E-state index in [1.54, 1.807) is 0 Å². The number of nitrogens with zero attached hydrogens (tertiary/aromatic N) is 4. The van der Waals surface area contributed by atoms with E-state index in [0.29, 0.717) is 31.8 Å². The second kappa shape index (κ2) is 6.65. The molecule has 1 atom stereocenters. The van der Waals surface area contributed by atoms with E-state index in [1.165, 1.54) is 4.31 Å². The third-order valence-electron chi connectivity index (χ3n) is 3.93. The van der Waals surface area contributed by atoms with Crippen molar-refractivity contribution in [2.75, 3.05) is 12.8 Å². The van der Waals surface area contributed by atoms with Gasteiger partial charge in [-0.3, -0.25) is 4.79 Å². The number of amides is 1. The SMILES string of the molecule is CS(=O)(=O)N1CCC[C@H]1C(=O)NCc1cccc(-c2nn[nH]n2)c1. The molecule has 1 saturated heterocycles. The lowest BCUT2D eigenvalue weighted by atomic mass is 10.1. The molecule has 0 radical (unpaired) electrons. The molecule has 0 saturated carbocycles. The predicted molar refractivity (Wildman–Crippen MR) is 86.0 cm³/mol. The maximum absolute atomic E-state index is 12.3. The second-order valence-electron chi connectivity index (χ2n) is 5.69. The average Bonchev–Trinajstić information content (AvgIpc) is 3.23. The highest BCUT2D eigenvalue weighted by Crippen LogP contribution is 2.20.